The van der Waals surface area contributed by atoms with E-state index in [4.69, 9.17) is 6.42 Å². The van der Waals surface area contributed by atoms with E-state index in [0.717, 1.165) is 29.5 Å². The minimum Gasteiger partial charge on any atom is -0.207 e. The molecule has 17 heavy (non-hydrogen) atoms. The molecule has 0 bridgehead atoms. The van der Waals surface area contributed by atoms with E-state index >= 15 is 0 Å². The van der Waals surface area contributed by atoms with Crippen LogP contribution in [0.15, 0.2) is 36.4 Å². The Balaban J connectivity index is 2.21. The molecule has 1 aliphatic rings. The summed E-state index contributed by atoms with van der Waals surface area (Å²) in [5.74, 6) is 2.49. The third-order valence-electron chi connectivity index (χ3n) is 3.29. The van der Waals surface area contributed by atoms with Crippen molar-refractivity contribution in [1.82, 2.24) is 0 Å². The summed E-state index contributed by atoms with van der Waals surface area (Å²) >= 11 is 0. The highest BCUT2D eigenvalue weighted by molar-refractivity contribution is 5.73. The Hall–Kier alpha value is -2.07. The quantitative estimate of drug-likeness (QED) is 0.598. The molecule has 3 rings (SSSR count). The molecule has 82 valence electrons. The zero-order valence-electron chi connectivity index (χ0n) is 9.33. The first-order chi connectivity index (χ1) is 8.28. The molecule has 0 fully saturated rings. The minimum atomic E-state index is -0.160. The van der Waals surface area contributed by atoms with Crippen molar-refractivity contribution in [1.29, 1.82) is 0 Å². The predicted octanol–water partition coefficient (Wildman–Crippen LogP) is 3.57. The number of terminal acetylenes is 1. The van der Waals surface area contributed by atoms with E-state index in [9.17, 15) is 4.39 Å². The first-order valence-corrected chi connectivity index (χ1v) is 5.66. The Morgan fingerprint density at radius 2 is 1.59 bits per heavy atom. The average Bonchev–Trinajstić information content (AvgIpc) is 2.37. The number of halogens is 1. The van der Waals surface area contributed by atoms with Gasteiger partial charge in [0.2, 0.25) is 0 Å². The maximum Gasteiger partial charge on any atom is 0.123 e. The van der Waals surface area contributed by atoms with E-state index < -0.39 is 0 Å². The highest BCUT2D eigenvalue weighted by atomic mass is 19.1. The SMILES string of the molecule is C#Cc1ccc2c(c1)CCc1cc(F)ccc1-2. The summed E-state index contributed by atoms with van der Waals surface area (Å²) in [5.41, 5.74) is 5.58. The molecule has 0 amide bonds. The van der Waals surface area contributed by atoms with Gasteiger partial charge in [0, 0.05) is 5.56 Å². The Labute approximate surface area is 100 Å². The van der Waals surface area contributed by atoms with Crippen LogP contribution in [0.25, 0.3) is 11.1 Å². The van der Waals surface area contributed by atoms with Crippen LogP contribution < -0.4 is 0 Å². The summed E-state index contributed by atoms with van der Waals surface area (Å²) in [6.45, 7) is 0. The molecule has 0 N–H and O–H groups in total. The lowest BCUT2D eigenvalue weighted by Gasteiger charge is -2.20. The van der Waals surface area contributed by atoms with Crippen LogP contribution in [0, 0.1) is 18.2 Å². The van der Waals surface area contributed by atoms with Gasteiger partial charge in [0.05, 0.1) is 0 Å². The smallest absolute Gasteiger partial charge is 0.123 e. The number of aryl methyl sites for hydroxylation is 2. The first kappa shape index (κ1) is 10.1. The topological polar surface area (TPSA) is 0 Å². The van der Waals surface area contributed by atoms with Gasteiger partial charge >= 0.3 is 0 Å². The van der Waals surface area contributed by atoms with Crippen LogP contribution in [0.4, 0.5) is 4.39 Å². The van der Waals surface area contributed by atoms with Crippen LogP contribution in [0.5, 0.6) is 0 Å². The van der Waals surface area contributed by atoms with Crippen LogP contribution in [0.2, 0.25) is 0 Å². The van der Waals surface area contributed by atoms with Gasteiger partial charge in [0.15, 0.2) is 0 Å². The molecule has 0 saturated heterocycles. The zero-order valence-corrected chi connectivity index (χ0v) is 9.33. The Morgan fingerprint density at radius 1 is 0.941 bits per heavy atom. The summed E-state index contributed by atoms with van der Waals surface area (Å²) < 4.78 is 13.2. The van der Waals surface area contributed by atoms with Gasteiger partial charge in [0.25, 0.3) is 0 Å². The van der Waals surface area contributed by atoms with Gasteiger partial charge in [-0.1, -0.05) is 18.1 Å². The zero-order chi connectivity index (χ0) is 11.8. The summed E-state index contributed by atoms with van der Waals surface area (Å²) in [6, 6.07) is 11.0. The van der Waals surface area contributed by atoms with Crippen molar-refractivity contribution >= 4 is 0 Å². The third kappa shape index (κ3) is 1.62. The highest BCUT2D eigenvalue weighted by Gasteiger charge is 2.16. The summed E-state index contributed by atoms with van der Waals surface area (Å²) in [6.07, 6.45) is 7.21. The molecular weight excluding hydrogens is 211 g/mol. The summed E-state index contributed by atoms with van der Waals surface area (Å²) in [4.78, 5) is 0. The van der Waals surface area contributed by atoms with Crippen molar-refractivity contribution in [3.8, 4) is 23.5 Å². The number of hydrogen-bond acceptors (Lipinski definition) is 0. The molecule has 0 radical (unpaired) electrons. The number of benzene rings is 2. The van der Waals surface area contributed by atoms with Gasteiger partial charge in [-0.2, -0.15) is 0 Å². The molecule has 0 nitrogen and oxygen atoms in total. The average molecular weight is 222 g/mol. The molecule has 2 aromatic carbocycles. The molecule has 0 unspecified atom stereocenters. The van der Waals surface area contributed by atoms with Gasteiger partial charge in [-0.05, 0) is 59.4 Å². The van der Waals surface area contributed by atoms with Crippen molar-refractivity contribution in [2.24, 2.45) is 0 Å². The monoisotopic (exact) mass is 222 g/mol. The lowest BCUT2D eigenvalue weighted by Crippen LogP contribution is -2.04. The van der Waals surface area contributed by atoms with Crippen molar-refractivity contribution in [2.75, 3.05) is 0 Å². The lowest BCUT2D eigenvalue weighted by atomic mass is 9.85. The molecule has 0 spiro atoms. The van der Waals surface area contributed by atoms with E-state index in [1.807, 2.05) is 18.2 Å². The molecular formula is C16H11F. The minimum absolute atomic E-state index is 0.160. The Bertz CT molecular complexity index is 632. The maximum atomic E-state index is 13.2. The maximum absolute atomic E-state index is 13.2. The van der Waals surface area contributed by atoms with Crippen molar-refractivity contribution < 1.29 is 4.39 Å². The predicted molar refractivity (Wildman–Crippen MR) is 67.2 cm³/mol. The second-order valence-electron chi connectivity index (χ2n) is 4.32. The fourth-order valence-electron chi connectivity index (χ4n) is 2.45. The van der Waals surface area contributed by atoms with Crippen LogP contribution in [0.3, 0.4) is 0 Å². The molecule has 0 atom stereocenters. The van der Waals surface area contributed by atoms with E-state index in [1.165, 1.54) is 17.2 Å². The van der Waals surface area contributed by atoms with Gasteiger partial charge in [-0.3, -0.25) is 0 Å². The van der Waals surface area contributed by atoms with Crippen molar-refractivity contribution in [2.45, 2.75) is 12.8 Å². The normalized spacial score (nSPS) is 12.5. The van der Waals surface area contributed by atoms with Crippen LogP contribution in [-0.2, 0) is 12.8 Å². The van der Waals surface area contributed by atoms with Crippen LogP contribution in [0.1, 0.15) is 16.7 Å². The van der Waals surface area contributed by atoms with Crippen LogP contribution >= 0.6 is 0 Å². The molecule has 0 heterocycles. The summed E-state index contributed by atoms with van der Waals surface area (Å²) in [5, 5.41) is 0. The van der Waals surface area contributed by atoms with Gasteiger partial charge < -0.3 is 0 Å². The molecule has 1 aliphatic carbocycles. The lowest BCUT2D eigenvalue weighted by molar-refractivity contribution is 0.625. The molecule has 2 aromatic rings. The van der Waals surface area contributed by atoms with E-state index in [1.54, 1.807) is 6.07 Å². The standard InChI is InChI=1S/C16H11F/c1-2-11-3-7-15-12(9-11)4-5-13-10-14(17)6-8-16(13)15/h1,3,6-10H,4-5H2. The van der Waals surface area contributed by atoms with Crippen LogP contribution in [-0.4, -0.2) is 0 Å². The Morgan fingerprint density at radius 3 is 2.29 bits per heavy atom. The van der Waals surface area contributed by atoms with Gasteiger partial charge in [-0.25, -0.2) is 4.39 Å². The fourth-order valence-corrected chi connectivity index (χ4v) is 2.45. The van der Waals surface area contributed by atoms with Crippen molar-refractivity contribution in [3.05, 3.63) is 58.9 Å². The number of hydrogen-bond donors (Lipinski definition) is 0. The first-order valence-electron chi connectivity index (χ1n) is 5.66. The van der Waals surface area contributed by atoms with E-state index in [-0.39, 0.29) is 5.82 Å². The fraction of sp³-hybridized carbons (Fsp3) is 0.125. The highest BCUT2D eigenvalue weighted by Crippen LogP contribution is 2.34. The van der Waals surface area contributed by atoms with Gasteiger partial charge in [-0.15, -0.1) is 6.42 Å². The number of rotatable bonds is 0. The number of fused-ring (bicyclic) bond motifs is 3. The molecule has 0 aromatic heterocycles. The van der Waals surface area contributed by atoms with Gasteiger partial charge in [0.1, 0.15) is 5.82 Å². The molecule has 0 aliphatic heterocycles. The molecule has 0 saturated carbocycles. The summed E-state index contributed by atoms with van der Waals surface area (Å²) in [7, 11) is 0. The second-order valence-corrected chi connectivity index (χ2v) is 4.32. The molecule has 1 heteroatoms. The van der Waals surface area contributed by atoms with E-state index in [2.05, 4.69) is 12.0 Å². The third-order valence-corrected chi connectivity index (χ3v) is 3.29. The van der Waals surface area contributed by atoms with E-state index in [0.29, 0.717) is 0 Å². The Kier molecular flexibility index (Phi) is 2.23. The largest absolute Gasteiger partial charge is 0.207 e. The second kappa shape index (κ2) is 3.75. The van der Waals surface area contributed by atoms with Crippen molar-refractivity contribution in [3.63, 3.8) is 0 Å².